The minimum absolute atomic E-state index is 0.272. The van der Waals surface area contributed by atoms with Gasteiger partial charge in [0, 0.05) is 5.56 Å². The van der Waals surface area contributed by atoms with Gasteiger partial charge in [-0.2, -0.15) is 0 Å². The summed E-state index contributed by atoms with van der Waals surface area (Å²) in [6, 6.07) is 5.48. The molecule has 0 aliphatic carbocycles. The monoisotopic (exact) mass is 174 g/mol. The van der Waals surface area contributed by atoms with Crippen molar-refractivity contribution in [2.24, 2.45) is 0 Å². The van der Waals surface area contributed by atoms with Gasteiger partial charge in [0.25, 0.3) is 0 Å². The summed E-state index contributed by atoms with van der Waals surface area (Å²) in [5.74, 6) is 2.94. The predicted octanol–water partition coefficient (Wildman–Crippen LogP) is 2.61. The van der Waals surface area contributed by atoms with Crippen LogP contribution in [0.25, 0.3) is 0 Å². The van der Waals surface area contributed by atoms with Crippen molar-refractivity contribution in [2.75, 3.05) is 0 Å². The molecule has 0 radical (unpaired) electrons. The van der Waals surface area contributed by atoms with E-state index in [0.29, 0.717) is 0 Å². The highest BCUT2D eigenvalue weighted by Gasteiger charge is 2.20. The summed E-state index contributed by atoms with van der Waals surface area (Å²) in [4.78, 5) is 0. The molecule has 0 bridgehead atoms. The highest BCUT2D eigenvalue weighted by atomic mass is 16.3. The zero-order valence-electron chi connectivity index (χ0n) is 8.26. The maximum atomic E-state index is 9.61. The number of phenols is 1. The molecule has 0 fully saturated rings. The molecule has 1 rings (SSSR count). The quantitative estimate of drug-likeness (QED) is 0.649. The lowest BCUT2D eigenvalue weighted by molar-refractivity contribution is 0.457. The van der Waals surface area contributed by atoms with Crippen LogP contribution >= 0.6 is 0 Å². The predicted molar refractivity (Wildman–Crippen MR) is 54.7 cm³/mol. The smallest absolute Gasteiger partial charge is 0.120 e. The molecule has 0 aromatic heterocycles. The summed E-state index contributed by atoms with van der Waals surface area (Å²) < 4.78 is 0. The lowest BCUT2D eigenvalue weighted by Crippen LogP contribution is -2.14. The fourth-order valence-electron chi connectivity index (χ4n) is 1.23. The topological polar surface area (TPSA) is 20.2 Å². The molecule has 0 saturated heterocycles. The van der Waals surface area contributed by atoms with Gasteiger partial charge < -0.3 is 5.11 Å². The third kappa shape index (κ3) is 1.84. The maximum absolute atomic E-state index is 9.61. The Bertz CT molecular complexity index is 356. The summed E-state index contributed by atoms with van der Waals surface area (Å²) in [5, 5.41) is 9.61. The van der Waals surface area contributed by atoms with Crippen LogP contribution in [0.4, 0.5) is 0 Å². The number of phenolic OH excluding ortho intramolecular Hbond substituents is 1. The highest BCUT2D eigenvalue weighted by Crippen LogP contribution is 2.30. The number of benzene rings is 1. The van der Waals surface area contributed by atoms with Crippen molar-refractivity contribution in [3.8, 4) is 18.1 Å². The van der Waals surface area contributed by atoms with E-state index in [-0.39, 0.29) is 5.75 Å². The van der Waals surface area contributed by atoms with Gasteiger partial charge in [0.05, 0.1) is 5.41 Å². The molecule has 1 aromatic carbocycles. The molecule has 0 spiro atoms. The molecule has 0 unspecified atom stereocenters. The summed E-state index contributed by atoms with van der Waals surface area (Å²) in [6.45, 7) is 5.82. The molecule has 0 aliphatic rings. The first-order chi connectivity index (χ1) is 5.97. The van der Waals surface area contributed by atoms with E-state index in [9.17, 15) is 5.11 Å². The van der Waals surface area contributed by atoms with E-state index in [0.717, 1.165) is 11.1 Å². The molecule has 1 nitrogen and oxygen atoms in total. The van der Waals surface area contributed by atoms with E-state index in [1.807, 2.05) is 32.9 Å². The molecule has 0 atom stereocenters. The Hall–Kier alpha value is -1.42. The van der Waals surface area contributed by atoms with Gasteiger partial charge in [-0.15, -0.1) is 6.42 Å². The van der Waals surface area contributed by atoms with Crippen LogP contribution in [-0.4, -0.2) is 5.11 Å². The number of rotatable bonds is 1. The van der Waals surface area contributed by atoms with E-state index >= 15 is 0 Å². The first kappa shape index (κ1) is 9.67. The summed E-state index contributed by atoms with van der Waals surface area (Å²) in [7, 11) is 0. The molecule has 1 N–H and O–H groups in total. The molecular weight excluding hydrogens is 160 g/mol. The van der Waals surface area contributed by atoms with Crippen LogP contribution in [0, 0.1) is 19.3 Å². The molecule has 0 heterocycles. The average molecular weight is 174 g/mol. The average Bonchev–Trinajstić information content (AvgIpc) is 2.09. The van der Waals surface area contributed by atoms with E-state index in [1.54, 1.807) is 6.07 Å². The Balaban J connectivity index is 3.30. The van der Waals surface area contributed by atoms with Gasteiger partial charge in [0.2, 0.25) is 0 Å². The Kier molecular flexibility index (Phi) is 2.34. The molecule has 68 valence electrons. The maximum Gasteiger partial charge on any atom is 0.120 e. The first-order valence-corrected chi connectivity index (χ1v) is 4.25. The van der Waals surface area contributed by atoms with Crippen LogP contribution in [-0.2, 0) is 5.41 Å². The lowest BCUT2D eigenvalue weighted by atomic mass is 9.84. The molecule has 0 amide bonds. The molecular formula is C12H14O. The second-order valence-electron chi connectivity index (χ2n) is 3.79. The molecule has 13 heavy (non-hydrogen) atoms. The molecule has 0 saturated carbocycles. The van der Waals surface area contributed by atoms with Crippen molar-refractivity contribution in [2.45, 2.75) is 26.2 Å². The van der Waals surface area contributed by atoms with E-state index in [2.05, 4.69) is 5.92 Å². The number of aryl methyl sites for hydroxylation is 1. The zero-order valence-corrected chi connectivity index (χ0v) is 8.26. The fraction of sp³-hybridized carbons (Fsp3) is 0.333. The first-order valence-electron chi connectivity index (χ1n) is 4.25. The number of aromatic hydroxyl groups is 1. The van der Waals surface area contributed by atoms with Gasteiger partial charge in [-0.25, -0.2) is 0 Å². The Morgan fingerprint density at radius 3 is 2.54 bits per heavy atom. The Labute approximate surface area is 79.4 Å². The Morgan fingerprint density at radius 2 is 2.00 bits per heavy atom. The van der Waals surface area contributed by atoms with Gasteiger partial charge in [0.1, 0.15) is 5.75 Å². The fourth-order valence-corrected chi connectivity index (χ4v) is 1.23. The lowest BCUT2D eigenvalue weighted by Gasteiger charge is -2.19. The van der Waals surface area contributed by atoms with E-state index in [1.165, 1.54) is 0 Å². The van der Waals surface area contributed by atoms with E-state index in [4.69, 9.17) is 6.42 Å². The number of hydrogen-bond donors (Lipinski definition) is 1. The standard InChI is InChI=1S/C12H14O/c1-5-12(3,4)10-8-9(2)6-7-11(10)13/h1,6-8,13H,2-4H3. The Morgan fingerprint density at radius 1 is 1.38 bits per heavy atom. The van der Waals surface area contributed by atoms with Crippen LogP contribution < -0.4 is 0 Å². The number of terminal acetylenes is 1. The minimum atomic E-state index is -0.407. The van der Waals surface area contributed by atoms with Gasteiger partial charge in [-0.3, -0.25) is 0 Å². The van der Waals surface area contributed by atoms with Crippen molar-refractivity contribution in [3.05, 3.63) is 29.3 Å². The third-order valence-electron chi connectivity index (χ3n) is 2.19. The summed E-state index contributed by atoms with van der Waals surface area (Å²) >= 11 is 0. The minimum Gasteiger partial charge on any atom is -0.508 e. The third-order valence-corrected chi connectivity index (χ3v) is 2.19. The van der Waals surface area contributed by atoms with Crippen molar-refractivity contribution < 1.29 is 5.11 Å². The van der Waals surface area contributed by atoms with Crippen LogP contribution in [0.2, 0.25) is 0 Å². The summed E-state index contributed by atoms with van der Waals surface area (Å²) in [5.41, 5.74) is 1.52. The van der Waals surface area contributed by atoms with Gasteiger partial charge in [-0.1, -0.05) is 23.6 Å². The second-order valence-corrected chi connectivity index (χ2v) is 3.79. The number of hydrogen-bond acceptors (Lipinski definition) is 1. The summed E-state index contributed by atoms with van der Waals surface area (Å²) in [6.07, 6.45) is 5.40. The zero-order chi connectivity index (χ0) is 10.1. The largest absolute Gasteiger partial charge is 0.508 e. The van der Waals surface area contributed by atoms with Gasteiger partial charge >= 0.3 is 0 Å². The van der Waals surface area contributed by atoms with Crippen LogP contribution in [0.15, 0.2) is 18.2 Å². The van der Waals surface area contributed by atoms with Crippen molar-refractivity contribution in [1.29, 1.82) is 0 Å². The van der Waals surface area contributed by atoms with Crippen LogP contribution in [0.3, 0.4) is 0 Å². The van der Waals surface area contributed by atoms with Crippen molar-refractivity contribution in [1.82, 2.24) is 0 Å². The highest BCUT2D eigenvalue weighted by molar-refractivity contribution is 5.44. The SMILES string of the molecule is C#CC(C)(C)c1cc(C)ccc1O. The normalized spacial score (nSPS) is 10.9. The molecule has 1 heteroatoms. The van der Waals surface area contributed by atoms with Crippen molar-refractivity contribution >= 4 is 0 Å². The van der Waals surface area contributed by atoms with Crippen LogP contribution in [0.1, 0.15) is 25.0 Å². The molecule has 1 aromatic rings. The molecule has 0 aliphatic heterocycles. The van der Waals surface area contributed by atoms with Gasteiger partial charge in [0.15, 0.2) is 0 Å². The van der Waals surface area contributed by atoms with Gasteiger partial charge in [-0.05, 0) is 26.8 Å². The second kappa shape index (κ2) is 3.14. The van der Waals surface area contributed by atoms with Crippen molar-refractivity contribution in [3.63, 3.8) is 0 Å². The van der Waals surface area contributed by atoms with Crippen LogP contribution in [0.5, 0.6) is 5.75 Å². The van der Waals surface area contributed by atoms with E-state index < -0.39 is 5.41 Å².